The van der Waals surface area contributed by atoms with E-state index in [0.717, 1.165) is 11.8 Å². The van der Waals surface area contributed by atoms with Crippen LogP contribution in [0.3, 0.4) is 0 Å². The number of nitrogens with two attached hydrogens (primary N) is 2. The van der Waals surface area contributed by atoms with E-state index in [9.17, 15) is 83.4 Å². The topological polar surface area (TPSA) is 449 Å². The molecule has 17 N–H and O–H groups in total. The van der Waals surface area contributed by atoms with Crippen LogP contribution in [0.2, 0.25) is 0 Å². The fraction of sp³-hybridized carbons (Fsp3) is 0.553. The number of carboxylic acids is 2. The third-order valence-corrected chi connectivity index (χ3v) is 10.7. The fourth-order valence-corrected chi connectivity index (χ4v) is 6.72. The van der Waals surface area contributed by atoms with Crippen molar-refractivity contribution < 1.29 is 83.4 Å². The van der Waals surface area contributed by atoms with Crippen LogP contribution in [-0.2, 0) is 59.2 Å². The Bertz CT molecular complexity index is 1980. The van der Waals surface area contributed by atoms with Gasteiger partial charge < -0.3 is 84.2 Å². The van der Waals surface area contributed by atoms with Gasteiger partial charge in [0.2, 0.25) is 53.2 Å². The quantitative estimate of drug-likeness (QED) is 0.0364. The molecular formula is C38H56N10O17S2. The molecule has 27 nitrogen and oxygen atoms in total. The van der Waals surface area contributed by atoms with Gasteiger partial charge in [-0.25, -0.2) is 4.79 Å². The van der Waals surface area contributed by atoms with Crippen LogP contribution in [0.5, 0.6) is 5.75 Å². The van der Waals surface area contributed by atoms with E-state index in [0.29, 0.717) is 5.56 Å². The van der Waals surface area contributed by atoms with Gasteiger partial charge in [-0.05, 0) is 37.5 Å². The van der Waals surface area contributed by atoms with E-state index >= 15 is 0 Å². The lowest BCUT2D eigenvalue weighted by Gasteiger charge is -2.30. The van der Waals surface area contributed by atoms with Crippen LogP contribution in [0.15, 0.2) is 24.3 Å². The van der Waals surface area contributed by atoms with E-state index in [4.69, 9.17) is 11.5 Å². The number of benzene rings is 1. The number of primary amides is 1. The number of phenols is 1. The lowest BCUT2D eigenvalue weighted by molar-refractivity contribution is -0.144. The summed E-state index contributed by atoms with van der Waals surface area (Å²) in [4.78, 5) is 142. The summed E-state index contributed by atoms with van der Waals surface area (Å²) in [7, 11) is 0. The average Bonchev–Trinajstić information content (AvgIpc) is 3.77. The fourth-order valence-electron chi connectivity index (χ4n) is 6.31. The smallest absolute Gasteiger partial charge is 0.327 e. The zero-order chi connectivity index (χ0) is 50.7. The van der Waals surface area contributed by atoms with Crippen molar-refractivity contribution in [2.75, 3.05) is 31.3 Å². The highest BCUT2D eigenvalue weighted by Crippen LogP contribution is 2.19. The average molecular weight is 989 g/mol. The second-order valence-electron chi connectivity index (χ2n) is 15.1. The number of rotatable bonds is 27. The van der Waals surface area contributed by atoms with Crippen LogP contribution in [0.25, 0.3) is 0 Å². The minimum absolute atomic E-state index is 0.0367. The Balaban J connectivity index is 2.24. The summed E-state index contributed by atoms with van der Waals surface area (Å²) in [6.07, 6.45) is -3.76. The highest BCUT2D eigenvalue weighted by Gasteiger charge is 2.41. The van der Waals surface area contributed by atoms with E-state index in [1.54, 1.807) is 0 Å². The first-order valence-electron chi connectivity index (χ1n) is 20.3. The van der Waals surface area contributed by atoms with Crippen molar-refractivity contribution in [2.24, 2.45) is 11.5 Å². The van der Waals surface area contributed by atoms with Crippen LogP contribution in [0.1, 0.15) is 38.2 Å². The zero-order valence-electron chi connectivity index (χ0n) is 35.8. The summed E-state index contributed by atoms with van der Waals surface area (Å²) in [5.74, 6) is -13.8. The number of hydrogen-bond acceptors (Lipinski definition) is 18. The second kappa shape index (κ2) is 27.4. The molecule has 1 heterocycles. The number of likely N-dealkylation sites (tertiary alicyclic amines) is 1. The maximum absolute atomic E-state index is 13.6. The Morgan fingerprint density at radius 1 is 0.687 bits per heavy atom. The van der Waals surface area contributed by atoms with E-state index in [1.807, 2.05) is 0 Å². The third kappa shape index (κ3) is 17.8. The van der Waals surface area contributed by atoms with E-state index < -0.39 is 152 Å². The molecule has 9 amide bonds. The number of nitrogens with one attached hydrogen (secondary N) is 7. The van der Waals surface area contributed by atoms with Crippen molar-refractivity contribution in [3.8, 4) is 5.75 Å². The zero-order valence-corrected chi connectivity index (χ0v) is 37.6. The Kier molecular flexibility index (Phi) is 23.2. The summed E-state index contributed by atoms with van der Waals surface area (Å²) in [6.45, 7) is -1.25. The number of amides is 9. The Morgan fingerprint density at radius 3 is 1.72 bits per heavy atom. The maximum atomic E-state index is 13.6. The monoisotopic (exact) mass is 988 g/mol. The number of aliphatic hydroxyl groups excluding tert-OH is 3. The number of aliphatic carboxylic acids is 2. The number of thiol groups is 2. The molecule has 0 aromatic heterocycles. The number of phenolic OH excluding ortho intramolecular Hbond substituents is 1. The van der Waals surface area contributed by atoms with Crippen LogP contribution >= 0.6 is 25.3 Å². The van der Waals surface area contributed by atoms with Gasteiger partial charge in [0.1, 0.15) is 54.1 Å². The maximum Gasteiger partial charge on any atom is 0.327 e. The number of carbonyl (C=O) groups is 11. The molecule has 0 unspecified atom stereocenters. The highest BCUT2D eigenvalue weighted by atomic mass is 32.1. The second-order valence-corrected chi connectivity index (χ2v) is 15.8. The van der Waals surface area contributed by atoms with Gasteiger partial charge in [-0.1, -0.05) is 12.1 Å². The molecule has 1 saturated heterocycles. The van der Waals surface area contributed by atoms with Crippen molar-refractivity contribution in [3.63, 3.8) is 0 Å². The van der Waals surface area contributed by atoms with Crippen LogP contribution in [-0.4, -0.2) is 192 Å². The predicted molar refractivity (Wildman–Crippen MR) is 235 cm³/mol. The van der Waals surface area contributed by atoms with E-state index in [2.05, 4.69) is 62.5 Å². The molecule has 1 fully saturated rings. The van der Waals surface area contributed by atoms with Gasteiger partial charge in [0.15, 0.2) is 0 Å². The molecule has 1 aliphatic rings. The molecule has 0 radical (unpaired) electrons. The van der Waals surface area contributed by atoms with Crippen molar-refractivity contribution in [1.29, 1.82) is 0 Å². The SMILES string of the molecule is C[C@@H](O)[C@H](NC(=O)[C@H](CC(N)=O)NC(=O)[C@H](CO)NC(=O)[C@@H]1CCCN1C(=O)[C@H](CO)NC(=O)[C@H](CC(=O)O)NC(=O)[C@@H](N)CS)C(=O)N[C@@H](Cc1ccc(O)cc1)C(=O)N[C@@H](CS)C(=O)O. The van der Waals surface area contributed by atoms with Crippen LogP contribution < -0.4 is 48.7 Å². The molecule has 0 saturated carbocycles. The molecule has 1 aliphatic heterocycles. The third-order valence-electron chi connectivity index (χ3n) is 9.90. The number of hydrogen-bond donors (Lipinski definition) is 17. The molecule has 0 bridgehead atoms. The van der Waals surface area contributed by atoms with Crippen LogP contribution in [0.4, 0.5) is 0 Å². The van der Waals surface area contributed by atoms with Gasteiger partial charge in [-0.2, -0.15) is 25.3 Å². The number of aromatic hydroxyl groups is 1. The number of nitrogens with zero attached hydrogens (tertiary/aromatic N) is 1. The van der Waals surface area contributed by atoms with Crippen molar-refractivity contribution in [1.82, 2.24) is 42.1 Å². The molecule has 372 valence electrons. The molecule has 67 heavy (non-hydrogen) atoms. The van der Waals surface area contributed by atoms with Crippen molar-refractivity contribution in [2.45, 2.75) is 99.5 Å². The van der Waals surface area contributed by atoms with E-state index in [-0.39, 0.29) is 43.1 Å². The van der Waals surface area contributed by atoms with Gasteiger partial charge >= 0.3 is 11.9 Å². The molecule has 1 aromatic carbocycles. The minimum Gasteiger partial charge on any atom is -0.508 e. The molecule has 0 aliphatic carbocycles. The van der Waals surface area contributed by atoms with Gasteiger partial charge in [0.05, 0.1) is 38.2 Å². The standard InChI is InChI=1S/C38H56N10O17S2/c1-16(51)29(36(62)43-20(9-17-4-6-18(52)7-5-17)31(57)46-25(15-67)38(64)65)47-33(59)21(10-27(40)53)42-34(60)23(12-49)44-35(61)26-3-2-8-48(26)37(63)24(13-50)45-32(58)22(11-28(54)55)41-30(56)19(39)14-66/h4-7,16,19-26,29,49-52,66-67H,2-3,8-15,39H2,1H3,(H2,40,53)(H,41,56)(H,42,60)(H,43,62)(H,44,61)(H,45,58)(H,46,57)(H,47,59)(H,54,55)(H,64,65)/t16-,19+,20+,21+,22+,23+,24+,25+,26+,29+/m1/s1. The van der Waals surface area contributed by atoms with Crippen LogP contribution in [0, 0.1) is 0 Å². The van der Waals surface area contributed by atoms with Crippen molar-refractivity contribution in [3.05, 3.63) is 29.8 Å². The van der Waals surface area contributed by atoms with E-state index in [1.165, 1.54) is 24.3 Å². The van der Waals surface area contributed by atoms with Gasteiger partial charge in [0.25, 0.3) is 0 Å². The minimum atomic E-state index is -1.94. The lowest BCUT2D eigenvalue weighted by Crippen LogP contribution is -2.62. The summed E-state index contributed by atoms with van der Waals surface area (Å²) in [6, 6.07) is -9.55. The first-order chi connectivity index (χ1) is 31.5. The molecule has 0 spiro atoms. The first kappa shape index (κ1) is 56.9. The highest BCUT2D eigenvalue weighted by molar-refractivity contribution is 7.80. The molecule has 2 rings (SSSR count). The molecular weight excluding hydrogens is 933 g/mol. The molecule has 10 atom stereocenters. The summed E-state index contributed by atoms with van der Waals surface area (Å²) in [5, 5.41) is 74.2. The molecule has 29 heteroatoms. The first-order valence-corrected chi connectivity index (χ1v) is 21.6. The molecule has 1 aromatic rings. The van der Waals surface area contributed by atoms with Gasteiger partial charge in [-0.3, -0.25) is 47.9 Å². The summed E-state index contributed by atoms with van der Waals surface area (Å²) >= 11 is 7.77. The number of carbonyl (C=O) groups excluding carboxylic acids is 9. The largest absolute Gasteiger partial charge is 0.508 e. The predicted octanol–water partition coefficient (Wildman–Crippen LogP) is -7.69. The normalized spacial score (nSPS) is 17.3. The van der Waals surface area contributed by atoms with Gasteiger partial charge in [-0.15, -0.1) is 0 Å². The van der Waals surface area contributed by atoms with Gasteiger partial charge in [0, 0.05) is 24.5 Å². The Labute approximate surface area is 392 Å². The number of carboxylic acid groups (broad SMARTS) is 2. The number of aliphatic hydroxyl groups is 3. The van der Waals surface area contributed by atoms with Crippen molar-refractivity contribution >= 4 is 90.4 Å². The Morgan fingerprint density at radius 2 is 1.19 bits per heavy atom. The summed E-state index contributed by atoms with van der Waals surface area (Å²) in [5.41, 5.74) is 11.3. The summed E-state index contributed by atoms with van der Waals surface area (Å²) < 4.78 is 0. The lowest BCUT2D eigenvalue weighted by atomic mass is 10.0. The Hall–Kier alpha value is -6.27.